The number of phenols is 1. The van der Waals surface area contributed by atoms with Crippen LogP contribution in [0.4, 0.5) is 11.9 Å². The summed E-state index contributed by atoms with van der Waals surface area (Å²) < 4.78 is 16.8. The van der Waals surface area contributed by atoms with E-state index in [0.717, 1.165) is 23.5 Å². The van der Waals surface area contributed by atoms with Crippen LogP contribution >= 0.6 is 23.1 Å². The Morgan fingerprint density at radius 2 is 1.56 bits per heavy atom. The number of imidazole rings is 2. The van der Waals surface area contributed by atoms with Gasteiger partial charge in [0.1, 0.15) is 33.7 Å². The molecule has 6 aromatic rings. The third kappa shape index (κ3) is 8.17. The van der Waals surface area contributed by atoms with Crippen LogP contribution in [0.15, 0.2) is 48.6 Å². The van der Waals surface area contributed by atoms with E-state index >= 15 is 0 Å². The van der Waals surface area contributed by atoms with E-state index in [1.807, 2.05) is 13.0 Å². The van der Waals surface area contributed by atoms with Crippen molar-refractivity contribution >= 4 is 81.4 Å². The highest BCUT2D eigenvalue weighted by Crippen LogP contribution is 2.31. The lowest BCUT2D eigenvalue weighted by Crippen LogP contribution is -2.15. The van der Waals surface area contributed by atoms with Gasteiger partial charge in [-0.2, -0.15) is 8.75 Å². The maximum atomic E-state index is 12.9. The predicted molar refractivity (Wildman–Crippen MR) is 192 cm³/mol. The Morgan fingerprint density at radius 3 is 2.12 bits per heavy atom. The number of aromatic hydroxyl groups is 1. The highest BCUT2D eigenvalue weighted by atomic mass is 32.1. The molecule has 8 N–H and O–H groups in total. The molecule has 0 aliphatic rings. The second-order valence-electron chi connectivity index (χ2n) is 10.3. The van der Waals surface area contributed by atoms with Crippen molar-refractivity contribution in [1.82, 2.24) is 27.8 Å². The van der Waals surface area contributed by atoms with Gasteiger partial charge in [-0.15, -0.1) is 0 Å². The van der Waals surface area contributed by atoms with Gasteiger partial charge >= 0.3 is 0 Å². The summed E-state index contributed by atoms with van der Waals surface area (Å²) in [6.07, 6.45) is 5.14. The van der Waals surface area contributed by atoms with Crippen molar-refractivity contribution in [3.8, 4) is 11.5 Å². The van der Waals surface area contributed by atoms with Crippen LogP contribution in [0.5, 0.6) is 11.5 Å². The number of nitrogen functional groups attached to an aromatic ring is 1. The first kappa shape index (κ1) is 36.8. The van der Waals surface area contributed by atoms with Crippen LogP contribution in [-0.4, -0.2) is 71.5 Å². The number of fused-ring (bicyclic) bond motifs is 2. The van der Waals surface area contributed by atoms with Crippen molar-refractivity contribution in [2.45, 2.75) is 26.9 Å². The Kier molecular flexibility index (Phi) is 12.1. The minimum atomic E-state index is -0.724. The SMILES string of the molecule is CN.COc1cc(C=O)cc2nc(N)n(C/C=C/Cn3c(NC(=O)c4cc(C)ns4)nc4cc(C(N)=O)cc(O)c43)c12.Cc1cc(C=O)sn1. The summed E-state index contributed by atoms with van der Waals surface area (Å²) in [5.41, 5.74) is 19.9. The van der Waals surface area contributed by atoms with Crippen LogP contribution in [0.3, 0.4) is 0 Å². The zero-order valence-electron chi connectivity index (χ0n) is 27.4. The number of carbonyl (C=O) groups excluding carboxylic acids is 4. The molecular formula is C32H34N10O6S2. The molecule has 4 heterocycles. The Balaban J connectivity index is 0.000000489. The van der Waals surface area contributed by atoms with Gasteiger partial charge in [0.25, 0.3) is 5.91 Å². The van der Waals surface area contributed by atoms with Gasteiger partial charge in [0.2, 0.25) is 17.8 Å². The highest BCUT2D eigenvalue weighted by molar-refractivity contribution is 7.08. The average molecular weight is 719 g/mol. The smallest absolute Gasteiger partial charge is 0.269 e. The fourth-order valence-electron chi connectivity index (χ4n) is 4.77. The number of allylic oxidation sites excluding steroid dienone is 2. The number of methoxy groups -OCH3 is 1. The zero-order chi connectivity index (χ0) is 36.5. The number of hydrogen-bond donors (Lipinski definition) is 5. The van der Waals surface area contributed by atoms with E-state index in [1.165, 1.54) is 37.8 Å². The second-order valence-corrected chi connectivity index (χ2v) is 12.0. The topological polar surface area (TPSA) is 249 Å². The van der Waals surface area contributed by atoms with Crippen molar-refractivity contribution in [1.29, 1.82) is 0 Å². The molecule has 4 aromatic heterocycles. The molecule has 0 saturated carbocycles. The van der Waals surface area contributed by atoms with Crippen LogP contribution in [0.2, 0.25) is 0 Å². The third-order valence-corrected chi connectivity index (χ3v) is 8.59. The second kappa shape index (κ2) is 16.4. The monoisotopic (exact) mass is 718 g/mol. The zero-order valence-corrected chi connectivity index (χ0v) is 29.0. The molecule has 0 unspecified atom stereocenters. The number of aryl methyl sites for hydroxylation is 2. The molecule has 0 atom stereocenters. The van der Waals surface area contributed by atoms with E-state index in [0.29, 0.717) is 56.1 Å². The van der Waals surface area contributed by atoms with Gasteiger partial charge in [0.05, 0.1) is 34.4 Å². The van der Waals surface area contributed by atoms with Gasteiger partial charge in [0, 0.05) is 24.2 Å². The van der Waals surface area contributed by atoms with Gasteiger partial charge in [-0.25, -0.2) is 9.97 Å². The summed E-state index contributed by atoms with van der Waals surface area (Å²) >= 11 is 2.28. The van der Waals surface area contributed by atoms with Crippen molar-refractivity contribution < 1.29 is 29.0 Å². The third-order valence-electron chi connectivity index (χ3n) is 6.90. The number of nitrogens with two attached hydrogens (primary N) is 3. The number of anilines is 2. The Hall–Kier alpha value is -5.98. The molecule has 6 rings (SSSR count). The molecule has 18 heteroatoms. The van der Waals surface area contributed by atoms with Crippen LogP contribution in [0, 0.1) is 13.8 Å². The number of ether oxygens (including phenoxy) is 1. The standard InChI is InChI=1S/C26H24N8O5S.C5H5NOS.CH5N/c1-13-7-20(40-32-13)24(38)31-26-30-17-10-15(23(27)37)11-18(36)21(17)34(26)6-4-3-5-33-22-16(29-25(33)28)8-14(12-35)9-19(22)39-2;1-4-2-5(3-7)8-6-4;1-2/h3-4,7-12,36H,5-6H2,1-2H3,(H2,27,37)(H2,28,29)(H,30,31,38);2-3H,1H3;2H2,1H3/b4-3+;;. The molecule has 16 nitrogen and oxygen atoms in total. The molecule has 0 saturated heterocycles. The van der Waals surface area contributed by atoms with Gasteiger partial charge in [-0.3, -0.25) is 24.5 Å². The van der Waals surface area contributed by atoms with Crippen LogP contribution < -0.4 is 27.3 Å². The van der Waals surface area contributed by atoms with E-state index in [2.05, 4.69) is 29.8 Å². The quantitative estimate of drug-likeness (QED) is 0.100. The number of hydrogen-bond acceptors (Lipinski definition) is 14. The van der Waals surface area contributed by atoms with E-state index in [9.17, 15) is 24.3 Å². The summed E-state index contributed by atoms with van der Waals surface area (Å²) in [7, 11) is 3.00. The summed E-state index contributed by atoms with van der Waals surface area (Å²) in [5, 5.41) is 13.5. The maximum Gasteiger partial charge on any atom is 0.269 e. The molecule has 0 aliphatic heterocycles. The molecule has 0 radical (unpaired) electrons. The molecule has 0 fully saturated rings. The molecular weight excluding hydrogens is 685 g/mol. The Labute approximate surface area is 293 Å². The maximum absolute atomic E-state index is 12.9. The summed E-state index contributed by atoms with van der Waals surface area (Å²) in [5.74, 6) is -0.515. The number of nitrogens with zero attached hydrogens (tertiary/aromatic N) is 6. The van der Waals surface area contributed by atoms with E-state index in [4.69, 9.17) is 16.2 Å². The summed E-state index contributed by atoms with van der Waals surface area (Å²) in [6.45, 7) is 4.15. The van der Waals surface area contributed by atoms with Crippen molar-refractivity contribution in [2.24, 2.45) is 11.5 Å². The van der Waals surface area contributed by atoms with Crippen LogP contribution in [0.1, 0.15) is 51.4 Å². The van der Waals surface area contributed by atoms with E-state index in [1.54, 1.807) is 46.4 Å². The number of primary amides is 1. The van der Waals surface area contributed by atoms with Crippen molar-refractivity contribution in [3.63, 3.8) is 0 Å². The molecule has 2 aromatic carbocycles. The Morgan fingerprint density at radius 1 is 0.900 bits per heavy atom. The van der Waals surface area contributed by atoms with Gasteiger partial charge in [-0.1, -0.05) is 12.2 Å². The first-order valence-corrected chi connectivity index (χ1v) is 16.3. The first-order valence-electron chi connectivity index (χ1n) is 14.7. The molecule has 260 valence electrons. The minimum absolute atomic E-state index is 0.0790. The number of benzene rings is 2. The normalized spacial score (nSPS) is 10.7. The number of rotatable bonds is 10. The average Bonchev–Trinajstić information content (AvgIpc) is 3.89. The summed E-state index contributed by atoms with van der Waals surface area (Å²) in [4.78, 5) is 55.7. The highest BCUT2D eigenvalue weighted by Gasteiger charge is 2.20. The molecule has 0 aliphatic carbocycles. The lowest BCUT2D eigenvalue weighted by atomic mass is 10.1. The fourth-order valence-corrected chi connectivity index (χ4v) is 5.99. The Bertz CT molecular complexity index is 2220. The lowest BCUT2D eigenvalue weighted by molar-refractivity contribution is 0.0997. The number of aromatic nitrogens is 6. The summed E-state index contributed by atoms with van der Waals surface area (Å²) in [6, 6.07) is 9.35. The van der Waals surface area contributed by atoms with Gasteiger partial charge in [0.15, 0.2) is 6.29 Å². The van der Waals surface area contributed by atoms with Crippen LogP contribution in [-0.2, 0) is 13.1 Å². The predicted octanol–water partition coefficient (Wildman–Crippen LogP) is 3.71. The van der Waals surface area contributed by atoms with Crippen LogP contribution in [0.25, 0.3) is 22.1 Å². The number of phenolic OH excluding ortho intramolecular Hbond substituents is 1. The van der Waals surface area contributed by atoms with Crippen molar-refractivity contribution in [2.75, 3.05) is 25.2 Å². The fraction of sp³-hybridized carbons (Fsp3) is 0.188. The van der Waals surface area contributed by atoms with E-state index in [-0.39, 0.29) is 35.3 Å². The first-order chi connectivity index (χ1) is 24.0. The van der Waals surface area contributed by atoms with Gasteiger partial charge < -0.3 is 36.2 Å². The number of aldehydes is 2. The number of amides is 2. The molecule has 50 heavy (non-hydrogen) atoms. The molecule has 2 amide bonds. The number of nitrogens with one attached hydrogen (secondary N) is 1. The van der Waals surface area contributed by atoms with Crippen molar-refractivity contribution in [3.05, 3.63) is 80.8 Å². The molecule has 0 bridgehead atoms. The lowest BCUT2D eigenvalue weighted by Gasteiger charge is -2.09. The van der Waals surface area contributed by atoms with E-state index < -0.39 is 11.8 Å². The minimum Gasteiger partial charge on any atom is -0.506 e. The van der Waals surface area contributed by atoms with Gasteiger partial charge in [-0.05, 0) is 80.4 Å². The number of carbonyl (C=O) groups is 4. The molecule has 0 spiro atoms. The largest absolute Gasteiger partial charge is 0.506 e.